The van der Waals surface area contributed by atoms with E-state index in [0.29, 0.717) is 12.5 Å². The Kier molecular flexibility index (Phi) is 5.94. The minimum atomic E-state index is 0.479. The lowest BCUT2D eigenvalue weighted by molar-refractivity contribution is 0.0392. The predicted octanol–water partition coefficient (Wildman–Crippen LogP) is 2.35. The number of rotatable bonds is 6. The Morgan fingerprint density at radius 3 is 2.77 bits per heavy atom. The van der Waals surface area contributed by atoms with Crippen LogP contribution in [-0.2, 0) is 29.2 Å². The van der Waals surface area contributed by atoms with Crippen molar-refractivity contribution in [1.29, 1.82) is 0 Å². The van der Waals surface area contributed by atoms with Crippen LogP contribution in [0.2, 0.25) is 0 Å². The molecule has 4 rings (SSSR count). The molecule has 0 spiro atoms. The molecule has 1 atom stereocenters. The maximum atomic E-state index is 6.04. The van der Waals surface area contributed by atoms with Crippen LogP contribution in [-0.4, -0.2) is 52.3 Å². The SMILES string of the molecule is c1cc(COCC2CN(CC3CCOCC3)Cc3cncn3C2)ccn1. The van der Waals surface area contributed by atoms with Gasteiger partial charge in [0.2, 0.25) is 0 Å². The second-order valence-corrected chi connectivity index (χ2v) is 7.52. The van der Waals surface area contributed by atoms with Crippen molar-refractivity contribution in [3.63, 3.8) is 0 Å². The summed E-state index contributed by atoms with van der Waals surface area (Å²) in [7, 11) is 0. The summed E-state index contributed by atoms with van der Waals surface area (Å²) >= 11 is 0. The second-order valence-electron chi connectivity index (χ2n) is 7.52. The van der Waals surface area contributed by atoms with Gasteiger partial charge in [0, 0.05) is 63.9 Å². The molecule has 0 N–H and O–H groups in total. The van der Waals surface area contributed by atoms with Crippen LogP contribution in [0.15, 0.2) is 37.1 Å². The highest BCUT2D eigenvalue weighted by molar-refractivity contribution is 5.08. The Labute approximate surface area is 155 Å². The first-order valence-electron chi connectivity index (χ1n) is 9.62. The molecule has 0 bridgehead atoms. The Hall–Kier alpha value is -1.76. The topological polar surface area (TPSA) is 52.4 Å². The summed E-state index contributed by atoms with van der Waals surface area (Å²) in [5, 5.41) is 0. The summed E-state index contributed by atoms with van der Waals surface area (Å²) in [5.74, 6) is 1.23. The average Bonchev–Trinajstić information content (AvgIpc) is 3.03. The van der Waals surface area contributed by atoms with E-state index in [2.05, 4.69) is 19.4 Å². The number of hydrogen-bond acceptors (Lipinski definition) is 5. The number of aromatic nitrogens is 3. The normalized spacial score (nSPS) is 22.1. The third-order valence-corrected chi connectivity index (χ3v) is 5.38. The van der Waals surface area contributed by atoms with Crippen LogP contribution in [0.25, 0.3) is 0 Å². The van der Waals surface area contributed by atoms with Crippen molar-refractivity contribution in [2.24, 2.45) is 11.8 Å². The van der Waals surface area contributed by atoms with Crippen molar-refractivity contribution in [3.8, 4) is 0 Å². The van der Waals surface area contributed by atoms with Gasteiger partial charge in [-0.25, -0.2) is 4.98 Å². The molecule has 1 saturated heterocycles. The zero-order valence-electron chi connectivity index (χ0n) is 15.3. The highest BCUT2D eigenvalue weighted by atomic mass is 16.5. The van der Waals surface area contributed by atoms with E-state index in [9.17, 15) is 0 Å². The monoisotopic (exact) mass is 356 g/mol. The van der Waals surface area contributed by atoms with E-state index in [0.717, 1.165) is 51.9 Å². The van der Waals surface area contributed by atoms with Gasteiger partial charge in [-0.15, -0.1) is 0 Å². The molecule has 2 aromatic heterocycles. The van der Waals surface area contributed by atoms with E-state index < -0.39 is 0 Å². The van der Waals surface area contributed by atoms with Gasteiger partial charge in [-0.3, -0.25) is 9.88 Å². The van der Waals surface area contributed by atoms with Crippen LogP contribution < -0.4 is 0 Å². The average molecular weight is 356 g/mol. The number of fused-ring (bicyclic) bond motifs is 1. The van der Waals surface area contributed by atoms with Crippen molar-refractivity contribution in [3.05, 3.63) is 48.3 Å². The number of imidazole rings is 1. The van der Waals surface area contributed by atoms with Gasteiger partial charge in [-0.05, 0) is 36.5 Å². The molecule has 4 heterocycles. The largest absolute Gasteiger partial charge is 0.381 e. The highest BCUT2D eigenvalue weighted by Crippen LogP contribution is 2.22. The van der Waals surface area contributed by atoms with Crippen LogP contribution in [0.4, 0.5) is 0 Å². The van der Waals surface area contributed by atoms with Crippen molar-refractivity contribution in [2.75, 3.05) is 32.9 Å². The first-order valence-corrected chi connectivity index (χ1v) is 9.62. The van der Waals surface area contributed by atoms with E-state index in [1.165, 1.54) is 24.1 Å². The summed E-state index contributed by atoms with van der Waals surface area (Å²) in [6, 6.07) is 4.02. The van der Waals surface area contributed by atoms with E-state index in [1.807, 2.05) is 37.1 Å². The first kappa shape index (κ1) is 17.6. The lowest BCUT2D eigenvalue weighted by Gasteiger charge is -2.30. The molecule has 0 amide bonds. The van der Waals surface area contributed by atoms with Gasteiger partial charge in [0.1, 0.15) is 0 Å². The molecule has 2 aromatic rings. The predicted molar refractivity (Wildman–Crippen MR) is 98.4 cm³/mol. The summed E-state index contributed by atoms with van der Waals surface area (Å²) in [5.41, 5.74) is 2.49. The van der Waals surface area contributed by atoms with Gasteiger partial charge in [0.05, 0.1) is 25.2 Å². The van der Waals surface area contributed by atoms with E-state index >= 15 is 0 Å². The molecule has 26 heavy (non-hydrogen) atoms. The van der Waals surface area contributed by atoms with Gasteiger partial charge in [0.15, 0.2) is 0 Å². The van der Waals surface area contributed by atoms with Crippen LogP contribution >= 0.6 is 0 Å². The van der Waals surface area contributed by atoms with Gasteiger partial charge in [-0.2, -0.15) is 0 Å². The van der Waals surface area contributed by atoms with Crippen molar-refractivity contribution in [1.82, 2.24) is 19.4 Å². The number of pyridine rings is 1. The molecule has 1 unspecified atom stereocenters. The van der Waals surface area contributed by atoms with Gasteiger partial charge < -0.3 is 14.0 Å². The van der Waals surface area contributed by atoms with E-state index in [1.54, 1.807) is 0 Å². The van der Waals surface area contributed by atoms with Crippen LogP contribution in [0.1, 0.15) is 24.1 Å². The second kappa shape index (κ2) is 8.75. The third-order valence-electron chi connectivity index (χ3n) is 5.38. The van der Waals surface area contributed by atoms with Crippen molar-refractivity contribution >= 4 is 0 Å². The molecule has 6 heteroatoms. The summed E-state index contributed by atoms with van der Waals surface area (Å²) in [6.45, 7) is 7.43. The zero-order valence-corrected chi connectivity index (χ0v) is 15.3. The fourth-order valence-corrected chi connectivity index (χ4v) is 4.00. The molecule has 140 valence electrons. The lowest BCUT2D eigenvalue weighted by atomic mass is 9.99. The van der Waals surface area contributed by atoms with Crippen molar-refractivity contribution < 1.29 is 9.47 Å². The molecule has 2 aliphatic heterocycles. The zero-order chi connectivity index (χ0) is 17.6. The summed E-state index contributed by atoms with van der Waals surface area (Å²) in [4.78, 5) is 11.0. The number of nitrogens with zero attached hydrogens (tertiary/aromatic N) is 4. The quantitative estimate of drug-likeness (QED) is 0.795. The molecule has 6 nitrogen and oxygen atoms in total. The minimum Gasteiger partial charge on any atom is -0.381 e. The van der Waals surface area contributed by atoms with Gasteiger partial charge in [-0.1, -0.05) is 0 Å². The third kappa shape index (κ3) is 4.69. The van der Waals surface area contributed by atoms with Gasteiger partial charge >= 0.3 is 0 Å². The molecule has 2 aliphatic rings. The smallest absolute Gasteiger partial charge is 0.0948 e. The number of ether oxygens (including phenoxy) is 2. The van der Waals surface area contributed by atoms with Crippen molar-refractivity contribution in [2.45, 2.75) is 32.5 Å². The fourth-order valence-electron chi connectivity index (χ4n) is 4.00. The Morgan fingerprint density at radius 1 is 1.08 bits per heavy atom. The Bertz CT molecular complexity index is 669. The fraction of sp³-hybridized carbons (Fsp3) is 0.600. The van der Waals surface area contributed by atoms with E-state index in [4.69, 9.17) is 9.47 Å². The van der Waals surface area contributed by atoms with Crippen LogP contribution in [0.5, 0.6) is 0 Å². The number of hydrogen-bond donors (Lipinski definition) is 0. The molecular weight excluding hydrogens is 328 g/mol. The highest BCUT2D eigenvalue weighted by Gasteiger charge is 2.25. The minimum absolute atomic E-state index is 0.479. The van der Waals surface area contributed by atoms with Crippen LogP contribution in [0, 0.1) is 11.8 Å². The molecule has 0 radical (unpaired) electrons. The van der Waals surface area contributed by atoms with Crippen LogP contribution in [0.3, 0.4) is 0 Å². The lowest BCUT2D eigenvalue weighted by Crippen LogP contribution is -2.35. The maximum Gasteiger partial charge on any atom is 0.0948 e. The standard InChI is InChI=1S/C20H28N4O2/c1-5-21-6-2-18(1)14-26-15-19-11-23(10-17-3-7-25-8-4-17)13-20-9-22-16-24(20)12-19/h1-2,5-6,9,16-17,19H,3-4,7-8,10-15H2. The van der Waals surface area contributed by atoms with E-state index in [-0.39, 0.29) is 0 Å². The Morgan fingerprint density at radius 2 is 1.92 bits per heavy atom. The molecule has 0 aromatic carbocycles. The first-order chi connectivity index (χ1) is 12.9. The summed E-state index contributed by atoms with van der Waals surface area (Å²) in [6.07, 6.45) is 9.97. The molecule has 1 fully saturated rings. The van der Waals surface area contributed by atoms with Gasteiger partial charge in [0.25, 0.3) is 0 Å². The summed E-state index contributed by atoms with van der Waals surface area (Å²) < 4.78 is 13.8. The molecule has 0 aliphatic carbocycles. The molecular formula is C20H28N4O2. The maximum absolute atomic E-state index is 6.04. The molecule has 0 saturated carbocycles. The Balaban J connectivity index is 1.35.